The van der Waals surface area contributed by atoms with E-state index in [1.54, 1.807) is 26.1 Å². The number of nitrogens with one attached hydrogen (secondary N) is 2. The van der Waals surface area contributed by atoms with Crippen molar-refractivity contribution in [3.05, 3.63) is 35.5 Å². The predicted molar refractivity (Wildman–Crippen MR) is 85.9 cm³/mol. The van der Waals surface area contributed by atoms with Gasteiger partial charge in [0.05, 0.1) is 16.8 Å². The van der Waals surface area contributed by atoms with E-state index in [4.69, 9.17) is 11.6 Å². The molecule has 0 radical (unpaired) electrons. The topological polar surface area (TPSA) is 83.6 Å². The Labute approximate surface area is 136 Å². The molecule has 0 amide bonds. The summed E-state index contributed by atoms with van der Waals surface area (Å²) in [6, 6.07) is 1.73. The van der Waals surface area contributed by atoms with Gasteiger partial charge in [-0.05, 0) is 19.9 Å². The van der Waals surface area contributed by atoms with E-state index < -0.39 is 11.4 Å². The van der Waals surface area contributed by atoms with E-state index in [9.17, 15) is 9.18 Å². The molecule has 3 aromatic rings. The lowest BCUT2D eigenvalue weighted by molar-refractivity contribution is -0.110. The highest BCUT2D eigenvalue weighted by atomic mass is 35.5. The van der Waals surface area contributed by atoms with E-state index in [-0.39, 0.29) is 5.82 Å². The third-order valence-electron chi connectivity index (χ3n) is 3.22. The fraction of sp³-hybridized carbons (Fsp3) is 0.200. The molecule has 0 aliphatic carbocycles. The molecule has 23 heavy (non-hydrogen) atoms. The zero-order valence-electron chi connectivity index (χ0n) is 12.4. The molecule has 6 nitrogen and oxygen atoms in total. The number of anilines is 1. The first-order valence-corrected chi connectivity index (χ1v) is 7.17. The first kappa shape index (κ1) is 15.4. The lowest BCUT2D eigenvalue weighted by Gasteiger charge is -2.20. The van der Waals surface area contributed by atoms with Gasteiger partial charge >= 0.3 is 0 Å². The molecule has 3 aromatic heterocycles. The average molecular weight is 334 g/mol. The van der Waals surface area contributed by atoms with Gasteiger partial charge < -0.3 is 15.1 Å². The second-order valence-corrected chi connectivity index (χ2v) is 6.04. The molecule has 0 saturated heterocycles. The van der Waals surface area contributed by atoms with Crippen molar-refractivity contribution in [3.63, 3.8) is 0 Å². The number of aromatic amines is 1. The standard InChI is InChI=1S/C15H13ClFN5O/c1-15(2,7-23)22-14-11(17)6-20-13(21-14)10-5-19-12-9(10)3-8(16)4-18-12/h3-7H,1-2H3,(H,18,19)(H,20,21,22). The van der Waals surface area contributed by atoms with Crippen molar-refractivity contribution in [1.82, 2.24) is 19.9 Å². The third kappa shape index (κ3) is 3.00. The molecule has 0 unspecified atom stereocenters. The third-order valence-corrected chi connectivity index (χ3v) is 3.42. The summed E-state index contributed by atoms with van der Waals surface area (Å²) in [6.45, 7) is 3.24. The Morgan fingerprint density at radius 2 is 2.13 bits per heavy atom. The molecule has 0 saturated carbocycles. The molecule has 118 valence electrons. The molecule has 0 spiro atoms. The Morgan fingerprint density at radius 1 is 1.35 bits per heavy atom. The Bertz CT molecular complexity index is 893. The summed E-state index contributed by atoms with van der Waals surface area (Å²) in [5.41, 5.74) is 0.319. The van der Waals surface area contributed by atoms with Crippen LogP contribution in [0.25, 0.3) is 22.4 Å². The highest BCUT2D eigenvalue weighted by Crippen LogP contribution is 2.28. The number of fused-ring (bicyclic) bond motifs is 1. The zero-order valence-corrected chi connectivity index (χ0v) is 13.1. The van der Waals surface area contributed by atoms with Crippen molar-refractivity contribution < 1.29 is 9.18 Å². The van der Waals surface area contributed by atoms with Crippen LogP contribution in [0.5, 0.6) is 0 Å². The smallest absolute Gasteiger partial charge is 0.183 e. The number of H-pyrrole nitrogens is 1. The minimum absolute atomic E-state index is 0.0450. The van der Waals surface area contributed by atoms with Crippen LogP contribution in [-0.2, 0) is 4.79 Å². The van der Waals surface area contributed by atoms with Gasteiger partial charge in [0.1, 0.15) is 11.9 Å². The molecular formula is C15H13ClFN5O. The van der Waals surface area contributed by atoms with Crippen LogP contribution in [0.3, 0.4) is 0 Å². The lowest BCUT2D eigenvalue weighted by Crippen LogP contribution is -2.33. The van der Waals surface area contributed by atoms with Crippen molar-refractivity contribution in [1.29, 1.82) is 0 Å². The van der Waals surface area contributed by atoms with E-state index in [0.29, 0.717) is 28.3 Å². The number of carbonyl (C=O) groups is 1. The van der Waals surface area contributed by atoms with Gasteiger partial charge in [0, 0.05) is 23.3 Å². The molecular weight excluding hydrogens is 321 g/mol. The van der Waals surface area contributed by atoms with Gasteiger partial charge in [0.25, 0.3) is 0 Å². The van der Waals surface area contributed by atoms with Crippen molar-refractivity contribution in [2.45, 2.75) is 19.4 Å². The Kier molecular flexibility index (Phi) is 3.73. The maximum Gasteiger partial charge on any atom is 0.183 e. The van der Waals surface area contributed by atoms with Gasteiger partial charge in [-0.3, -0.25) is 0 Å². The Hall–Kier alpha value is -2.54. The van der Waals surface area contributed by atoms with Gasteiger partial charge in [-0.25, -0.2) is 19.3 Å². The van der Waals surface area contributed by atoms with Crippen LogP contribution < -0.4 is 5.32 Å². The van der Waals surface area contributed by atoms with E-state index in [1.807, 2.05) is 0 Å². The monoisotopic (exact) mass is 333 g/mol. The summed E-state index contributed by atoms with van der Waals surface area (Å²) in [5, 5.41) is 3.95. The van der Waals surface area contributed by atoms with Crippen molar-refractivity contribution in [2.24, 2.45) is 0 Å². The van der Waals surface area contributed by atoms with Crippen molar-refractivity contribution in [2.75, 3.05) is 5.32 Å². The van der Waals surface area contributed by atoms with Crippen LogP contribution in [0.1, 0.15) is 13.8 Å². The molecule has 0 aromatic carbocycles. The molecule has 0 atom stereocenters. The quantitative estimate of drug-likeness (QED) is 0.716. The summed E-state index contributed by atoms with van der Waals surface area (Å²) in [4.78, 5) is 26.4. The SMILES string of the molecule is CC(C)(C=O)Nc1nc(-c2c[nH]c3ncc(Cl)cc23)ncc1F. The average Bonchev–Trinajstić information content (AvgIpc) is 2.92. The lowest BCUT2D eigenvalue weighted by atomic mass is 10.1. The van der Waals surface area contributed by atoms with Crippen LogP contribution in [0.2, 0.25) is 5.02 Å². The largest absolute Gasteiger partial charge is 0.356 e. The fourth-order valence-electron chi connectivity index (χ4n) is 2.08. The van der Waals surface area contributed by atoms with E-state index in [1.165, 1.54) is 6.20 Å². The number of hydrogen-bond donors (Lipinski definition) is 2. The van der Waals surface area contributed by atoms with Gasteiger partial charge in [0.15, 0.2) is 17.5 Å². The molecule has 0 aliphatic heterocycles. The molecule has 3 rings (SSSR count). The van der Waals surface area contributed by atoms with Gasteiger partial charge in [-0.1, -0.05) is 11.6 Å². The van der Waals surface area contributed by atoms with E-state index in [0.717, 1.165) is 11.6 Å². The minimum Gasteiger partial charge on any atom is -0.356 e. The number of aromatic nitrogens is 4. The first-order valence-electron chi connectivity index (χ1n) is 6.80. The van der Waals surface area contributed by atoms with Crippen LogP contribution in [0, 0.1) is 5.82 Å². The number of rotatable bonds is 4. The summed E-state index contributed by atoms with van der Waals surface area (Å²) >= 11 is 5.97. The Morgan fingerprint density at radius 3 is 2.87 bits per heavy atom. The van der Waals surface area contributed by atoms with Crippen LogP contribution in [0.15, 0.2) is 24.7 Å². The summed E-state index contributed by atoms with van der Waals surface area (Å²) < 4.78 is 13.9. The number of carbonyl (C=O) groups excluding carboxylic acids is 1. The van der Waals surface area contributed by atoms with E-state index in [2.05, 4.69) is 25.3 Å². The Balaban J connectivity index is 2.09. The van der Waals surface area contributed by atoms with Gasteiger partial charge in [-0.15, -0.1) is 0 Å². The van der Waals surface area contributed by atoms with Gasteiger partial charge in [0.2, 0.25) is 0 Å². The number of pyridine rings is 1. The van der Waals surface area contributed by atoms with Crippen LogP contribution >= 0.6 is 11.6 Å². The highest BCUT2D eigenvalue weighted by molar-refractivity contribution is 6.31. The molecule has 3 heterocycles. The minimum atomic E-state index is -0.947. The van der Waals surface area contributed by atoms with Crippen LogP contribution in [0.4, 0.5) is 10.2 Å². The number of aldehydes is 1. The number of nitrogens with zero attached hydrogens (tertiary/aromatic N) is 3. The molecule has 0 aliphatic rings. The molecule has 0 fully saturated rings. The second kappa shape index (κ2) is 5.58. The summed E-state index contributed by atoms with van der Waals surface area (Å²) in [6.07, 6.45) is 4.94. The van der Waals surface area contributed by atoms with Crippen molar-refractivity contribution >= 4 is 34.7 Å². The summed E-state index contributed by atoms with van der Waals surface area (Å²) in [7, 11) is 0. The zero-order chi connectivity index (χ0) is 16.6. The predicted octanol–water partition coefficient (Wildman–Crippen LogP) is 3.20. The summed E-state index contributed by atoms with van der Waals surface area (Å²) in [5.74, 6) is -0.387. The fourth-order valence-corrected chi connectivity index (χ4v) is 2.24. The number of halogens is 2. The van der Waals surface area contributed by atoms with Crippen LogP contribution in [-0.4, -0.2) is 31.8 Å². The molecule has 2 N–H and O–H groups in total. The van der Waals surface area contributed by atoms with Crippen molar-refractivity contribution in [3.8, 4) is 11.4 Å². The number of hydrogen-bond acceptors (Lipinski definition) is 5. The molecule has 0 bridgehead atoms. The molecule has 8 heteroatoms. The second-order valence-electron chi connectivity index (χ2n) is 5.61. The van der Waals surface area contributed by atoms with E-state index >= 15 is 0 Å². The maximum atomic E-state index is 13.9. The maximum absolute atomic E-state index is 13.9. The highest BCUT2D eigenvalue weighted by Gasteiger charge is 2.20. The van der Waals surface area contributed by atoms with Gasteiger partial charge in [-0.2, -0.15) is 0 Å². The normalized spacial score (nSPS) is 11.7. The first-order chi connectivity index (χ1) is 10.9.